The second-order valence-electron chi connectivity index (χ2n) is 13.0. The molecule has 2 fully saturated rings. The van der Waals surface area contributed by atoms with Crippen LogP contribution >= 0.6 is 34.5 Å². The minimum atomic E-state index is -1.04. The number of rotatable bonds is 8. The van der Waals surface area contributed by atoms with Crippen molar-refractivity contribution in [3.63, 3.8) is 0 Å². The number of thiazole rings is 1. The Labute approximate surface area is 285 Å². The number of halogens is 3. The van der Waals surface area contributed by atoms with Gasteiger partial charge in [-0.15, -0.1) is 11.3 Å². The van der Waals surface area contributed by atoms with Gasteiger partial charge in [0.05, 0.1) is 34.7 Å². The Balaban J connectivity index is 1.05. The first kappa shape index (κ1) is 31.0. The number of hydrogen-bond donors (Lipinski definition) is 2. The summed E-state index contributed by atoms with van der Waals surface area (Å²) in [5.74, 6) is 0.855. The first-order valence-corrected chi connectivity index (χ1v) is 17.7. The number of likely N-dealkylation sites (tertiary alicyclic amines) is 1. The van der Waals surface area contributed by atoms with Gasteiger partial charge in [0.25, 0.3) is 5.91 Å². The number of imidazole rings is 1. The molecular weight excluding hydrogens is 660 g/mol. The number of anilines is 1. The molecular formula is C34H34Cl2FN7O2S. The van der Waals surface area contributed by atoms with E-state index < -0.39 is 18.1 Å². The van der Waals surface area contributed by atoms with E-state index in [4.69, 9.17) is 28.3 Å². The molecule has 8 rings (SSSR count). The van der Waals surface area contributed by atoms with Crippen molar-refractivity contribution >= 4 is 56.5 Å². The third-order valence-corrected chi connectivity index (χ3v) is 11.3. The van der Waals surface area contributed by atoms with Crippen molar-refractivity contribution in [3.8, 4) is 11.1 Å². The fourth-order valence-corrected chi connectivity index (χ4v) is 8.45. The summed E-state index contributed by atoms with van der Waals surface area (Å²) >= 11 is 15.2. The van der Waals surface area contributed by atoms with E-state index in [2.05, 4.69) is 44.5 Å². The SMILES string of the molecule is O=C(Nc1nccs1)[C@@H](c1ncn2c1C[C@@H](F)C2)n1cc2c(Cl)cc(-c3ccc(C4CC(CN5CCC(O)CC5)C4)cc3)c(Cl)c2n1. The molecule has 0 radical (unpaired) electrons. The van der Waals surface area contributed by atoms with Crippen LogP contribution in [-0.4, -0.2) is 72.1 Å². The number of nitrogens with zero attached hydrogens (tertiary/aromatic N) is 6. The van der Waals surface area contributed by atoms with E-state index in [0.717, 1.165) is 43.6 Å². The number of alkyl halides is 1. The third kappa shape index (κ3) is 5.97. The van der Waals surface area contributed by atoms with Crippen molar-refractivity contribution in [2.45, 2.75) is 62.9 Å². The number of benzene rings is 2. The zero-order valence-electron chi connectivity index (χ0n) is 25.5. The van der Waals surface area contributed by atoms with E-state index in [-0.39, 0.29) is 19.1 Å². The molecule has 0 unspecified atom stereocenters. The molecule has 5 heterocycles. The Morgan fingerprint density at radius 1 is 1.15 bits per heavy atom. The Morgan fingerprint density at radius 3 is 2.68 bits per heavy atom. The van der Waals surface area contributed by atoms with Gasteiger partial charge in [0.15, 0.2) is 11.2 Å². The molecule has 9 nitrogen and oxygen atoms in total. The van der Waals surface area contributed by atoms with Crippen molar-refractivity contribution in [1.82, 2.24) is 29.2 Å². The Bertz CT molecular complexity index is 1910. The molecule has 5 aromatic rings. The van der Waals surface area contributed by atoms with Crippen LogP contribution in [0.2, 0.25) is 10.0 Å². The number of hydrogen-bond acceptors (Lipinski definition) is 7. The lowest BCUT2D eigenvalue weighted by Crippen LogP contribution is -2.41. The highest BCUT2D eigenvalue weighted by Crippen LogP contribution is 2.44. The number of carbonyl (C=O) groups is 1. The molecule has 1 saturated carbocycles. The lowest BCUT2D eigenvalue weighted by atomic mass is 9.71. The van der Waals surface area contributed by atoms with E-state index in [1.807, 2.05) is 6.07 Å². The third-order valence-electron chi connectivity index (χ3n) is 9.93. The molecule has 244 valence electrons. The number of amides is 1. The Kier molecular flexibility index (Phi) is 8.29. The smallest absolute Gasteiger partial charge is 0.257 e. The van der Waals surface area contributed by atoms with Crippen LogP contribution in [-0.2, 0) is 17.8 Å². The summed E-state index contributed by atoms with van der Waals surface area (Å²) in [4.78, 5) is 25.0. The molecule has 2 aliphatic heterocycles. The molecule has 3 aromatic heterocycles. The van der Waals surface area contributed by atoms with Crippen LogP contribution in [0.25, 0.3) is 22.0 Å². The summed E-state index contributed by atoms with van der Waals surface area (Å²) in [6, 6.07) is 9.38. The van der Waals surface area contributed by atoms with E-state index >= 15 is 0 Å². The van der Waals surface area contributed by atoms with Crippen molar-refractivity contribution < 1.29 is 14.3 Å². The maximum Gasteiger partial charge on any atom is 0.257 e. The monoisotopic (exact) mass is 693 g/mol. The maximum atomic E-state index is 14.4. The first-order chi connectivity index (χ1) is 22.8. The second kappa shape index (κ2) is 12.6. The van der Waals surface area contributed by atoms with E-state index in [0.29, 0.717) is 49.3 Å². The summed E-state index contributed by atoms with van der Waals surface area (Å²) in [6.45, 7) is 3.31. The normalized spacial score (nSPS) is 22.3. The molecule has 1 saturated heterocycles. The highest BCUT2D eigenvalue weighted by atomic mass is 35.5. The number of nitrogens with one attached hydrogen (secondary N) is 1. The van der Waals surface area contributed by atoms with Crippen molar-refractivity contribution in [2.24, 2.45) is 5.92 Å². The lowest BCUT2D eigenvalue weighted by molar-refractivity contribution is -0.118. The Hall–Kier alpha value is -3.35. The predicted octanol–water partition coefficient (Wildman–Crippen LogP) is 6.74. The van der Waals surface area contributed by atoms with E-state index in [1.165, 1.54) is 34.4 Å². The van der Waals surface area contributed by atoms with Crippen molar-refractivity contribution in [3.05, 3.63) is 81.4 Å². The summed E-state index contributed by atoms with van der Waals surface area (Å²) in [7, 11) is 0. The van der Waals surface area contributed by atoms with Crippen LogP contribution < -0.4 is 5.32 Å². The molecule has 0 spiro atoms. The average molecular weight is 695 g/mol. The van der Waals surface area contributed by atoms with Gasteiger partial charge < -0.3 is 14.6 Å². The topological polar surface area (TPSA) is 101 Å². The number of carbonyl (C=O) groups excluding carboxylic acids is 1. The quantitative estimate of drug-likeness (QED) is 0.187. The highest BCUT2D eigenvalue weighted by Gasteiger charge is 2.35. The van der Waals surface area contributed by atoms with Gasteiger partial charge >= 0.3 is 0 Å². The van der Waals surface area contributed by atoms with Crippen LogP contribution in [0.3, 0.4) is 0 Å². The minimum absolute atomic E-state index is 0.133. The second-order valence-corrected chi connectivity index (χ2v) is 14.7. The van der Waals surface area contributed by atoms with Crippen molar-refractivity contribution in [1.29, 1.82) is 0 Å². The molecule has 47 heavy (non-hydrogen) atoms. The largest absolute Gasteiger partial charge is 0.393 e. The summed E-state index contributed by atoms with van der Waals surface area (Å²) in [5, 5.41) is 21.2. The van der Waals surface area contributed by atoms with Gasteiger partial charge in [0.2, 0.25) is 0 Å². The highest BCUT2D eigenvalue weighted by molar-refractivity contribution is 7.13. The standard InChI is InChI=1S/C34H34Cl2FN7O2S/c35-27-14-25(21-3-1-20(2-4-21)22-11-19(12-22)15-42-8-5-24(45)6-9-42)29(36)30-26(27)17-44(41-30)32(33(46)40-34-38-7-10-47-34)31-28-13-23(37)16-43(28)18-39-31/h1-4,7,10,14,17-19,22-24,32,45H,5-6,8-9,11-13,15-16H2,(H,38,40,46)/t19?,22?,23-,32-/m1/s1. The molecule has 3 aliphatic rings. The Morgan fingerprint density at radius 2 is 1.94 bits per heavy atom. The fourth-order valence-electron chi connectivity index (χ4n) is 7.37. The predicted molar refractivity (Wildman–Crippen MR) is 182 cm³/mol. The van der Waals surface area contributed by atoms with Gasteiger partial charge in [0, 0.05) is 60.5 Å². The van der Waals surface area contributed by atoms with Crippen LogP contribution in [0, 0.1) is 5.92 Å². The van der Waals surface area contributed by atoms with Gasteiger partial charge in [0.1, 0.15) is 11.7 Å². The van der Waals surface area contributed by atoms with E-state index in [1.54, 1.807) is 28.7 Å². The molecule has 2 atom stereocenters. The number of piperidine rings is 1. The summed E-state index contributed by atoms with van der Waals surface area (Å²) in [6.07, 6.45) is 8.01. The molecule has 2 aromatic carbocycles. The van der Waals surface area contributed by atoms with Crippen LogP contribution in [0.5, 0.6) is 0 Å². The zero-order valence-corrected chi connectivity index (χ0v) is 27.9. The molecule has 2 N–H and O–H groups in total. The van der Waals surface area contributed by atoms with Gasteiger partial charge in [-0.3, -0.25) is 14.8 Å². The number of aliphatic hydroxyl groups is 1. The number of aromatic nitrogens is 5. The number of fused-ring (bicyclic) bond motifs is 2. The number of aliphatic hydroxyl groups excluding tert-OH is 1. The first-order valence-electron chi connectivity index (χ1n) is 16.1. The molecule has 1 amide bonds. The van der Waals surface area contributed by atoms with Crippen LogP contribution in [0.4, 0.5) is 9.52 Å². The van der Waals surface area contributed by atoms with Gasteiger partial charge in [-0.25, -0.2) is 14.4 Å². The summed E-state index contributed by atoms with van der Waals surface area (Å²) < 4.78 is 17.6. The molecule has 1 aliphatic carbocycles. The molecule has 0 bridgehead atoms. The van der Waals surface area contributed by atoms with Gasteiger partial charge in [-0.2, -0.15) is 5.10 Å². The van der Waals surface area contributed by atoms with E-state index in [9.17, 15) is 14.3 Å². The van der Waals surface area contributed by atoms with Gasteiger partial charge in [-0.05, 0) is 54.7 Å². The zero-order chi connectivity index (χ0) is 32.2. The van der Waals surface area contributed by atoms with Gasteiger partial charge in [-0.1, -0.05) is 47.5 Å². The summed E-state index contributed by atoms with van der Waals surface area (Å²) in [5.41, 5.74) is 4.58. The van der Waals surface area contributed by atoms with Crippen molar-refractivity contribution in [2.75, 3.05) is 25.0 Å². The lowest BCUT2D eigenvalue weighted by Gasteiger charge is -2.40. The maximum absolute atomic E-state index is 14.4. The molecule has 13 heteroatoms. The van der Waals surface area contributed by atoms with Crippen LogP contribution in [0.15, 0.2) is 54.4 Å². The fraction of sp³-hybridized carbons (Fsp3) is 0.412. The average Bonchev–Trinajstić information content (AvgIpc) is 3.85. The minimum Gasteiger partial charge on any atom is -0.393 e. The van der Waals surface area contributed by atoms with Crippen LogP contribution in [0.1, 0.15) is 54.6 Å².